The number of carbonyl (C=O) groups is 2. The molecule has 2 amide bonds. The molecule has 0 fully saturated rings. The summed E-state index contributed by atoms with van der Waals surface area (Å²) in [6.07, 6.45) is 0. The first-order valence-electron chi connectivity index (χ1n) is 11.6. The number of carbonyl (C=O) groups excluding carboxylic acids is 2. The fourth-order valence-electron chi connectivity index (χ4n) is 3.80. The van der Waals surface area contributed by atoms with Crippen LogP contribution in [0.15, 0.2) is 70.7 Å². The molecule has 36 heavy (non-hydrogen) atoms. The summed E-state index contributed by atoms with van der Waals surface area (Å²) in [7, 11) is 0. The fourth-order valence-corrected chi connectivity index (χ4v) is 5.50. The molecule has 1 heterocycles. The normalized spacial score (nSPS) is 10.9. The Bertz CT molecular complexity index is 1290. The largest absolute Gasteiger partial charge is 0.325 e. The van der Waals surface area contributed by atoms with Gasteiger partial charge in [-0.2, -0.15) is 0 Å². The van der Waals surface area contributed by atoms with Crippen LogP contribution in [0.4, 0.5) is 11.4 Å². The first kappa shape index (κ1) is 25.7. The summed E-state index contributed by atoms with van der Waals surface area (Å²) in [6.45, 7) is 7.90. The lowest BCUT2D eigenvalue weighted by Gasteiger charge is -2.13. The van der Waals surface area contributed by atoms with Crippen molar-refractivity contribution in [2.24, 2.45) is 0 Å². The zero-order chi connectivity index (χ0) is 25.7. The summed E-state index contributed by atoms with van der Waals surface area (Å²) in [5, 5.41) is 7.30. The van der Waals surface area contributed by atoms with Gasteiger partial charge < -0.3 is 10.6 Å². The SMILES string of the molecule is Cc1cccc(C)c1NC(=O)CSc1nc2ccccc2nc1SCC(=O)Nc1c(C)cccc1C. The molecule has 0 aliphatic rings. The number of fused-ring (bicyclic) bond motifs is 1. The smallest absolute Gasteiger partial charge is 0.234 e. The molecule has 0 aliphatic heterocycles. The second kappa shape index (κ2) is 11.6. The van der Waals surface area contributed by atoms with Crippen LogP contribution in [0.3, 0.4) is 0 Å². The first-order valence-corrected chi connectivity index (χ1v) is 13.5. The molecule has 0 bridgehead atoms. The molecule has 0 saturated carbocycles. The highest BCUT2D eigenvalue weighted by Gasteiger charge is 2.16. The molecule has 0 aliphatic carbocycles. The van der Waals surface area contributed by atoms with Crippen LogP contribution in [0.1, 0.15) is 22.3 Å². The van der Waals surface area contributed by atoms with E-state index in [9.17, 15) is 9.59 Å². The molecule has 4 rings (SSSR count). The number of thioether (sulfide) groups is 2. The maximum Gasteiger partial charge on any atom is 0.234 e. The lowest BCUT2D eigenvalue weighted by molar-refractivity contribution is -0.114. The predicted molar refractivity (Wildman–Crippen MR) is 150 cm³/mol. The molecule has 8 heteroatoms. The van der Waals surface area contributed by atoms with Crippen molar-refractivity contribution < 1.29 is 9.59 Å². The lowest BCUT2D eigenvalue weighted by Crippen LogP contribution is -2.17. The molecule has 4 aromatic rings. The van der Waals surface area contributed by atoms with Crippen molar-refractivity contribution in [3.8, 4) is 0 Å². The predicted octanol–water partition coefficient (Wildman–Crippen LogP) is 6.33. The summed E-state index contributed by atoms with van der Waals surface area (Å²) in [5.74, 6) is 0.137. The van der Waals surface area contributed by atoms with Gasteiger partial charge >= 0.3 is 0 Å². The molecule has 0 spiro atoms. The topological polar surface area (TPSA) is 84.0 Å². The number of hydrogen-bond donors (Lipinski definition) is 2. The highest BCUT2D eigenvalue weighted by Crippen LogP contribution is 2.31. The summed E-state index contributed by atoms with van der Waals surface area (Å²) in [5.41, 5.74) is 7.25. The van der Waals surface area contributed by atoms with Crippen molar-refractivity contribution in [1.29, 1.82) is 0 Å². The Hall–Kier alpha value is -3.36. The van der Waals surface area contributed by atoms with E-state index >= 15 is 0 Å². The Morgan fingerprint density at radius 1 is 0.611 bits per heavy atom. The monoisotopic (exact) mass is 516 g/mol. The van der Waals surface area contributed by atoms with Crippen LogP contribution in [-0.2, 0) is 9.59 Å². The van der Waals surface area contributed by atoms with Crippen molar-refractivity contribution in [2.45, 2.75) is 37.7 Å². The van der Waals surface area contributed by atoms with Crippen LogP contribution in [0.25, 0.3) is 11.0 Å². The van der Waals surface area contributed by atoms with E-state index in [0.717, 1.165) is 44.7 Å². The van der Waals surface area contributed by atoms with Gasteiger partial charge in [0.25, 0.3) is 0 Å². The van der Waals surface area contributed by atoms with Crippen molar-refractivity contribution in [1.82, 2.24) is 9.97 Å². The Morgan fingerprint density at radius 3 is 1.33 bits per heavy atom. The third kappa shape index (κ3) is 6.25. The van der Waals surface area contributed by atoms with E-state index in [2.05, 4.69) is 10.6 Å². The number of nitrogens with zero attached hydrogens (tertiary/aromatic N) is 2. The van der Waals surface area contributed by atoms with Crippen LogP contribution in [0.2, 0.25) is 0 Å². The molecule has 0 unspecified atom stereocenters. The van der Waals surface area contributed by atoms with Gasteiger partial charge in [0.1, 0.15) is 10.1 Å². The molecule has 3 aromatic carbocycles. The van der Waals surface area contributed by atoms with Crippen molar-refractivity contribution >= 4 is 57.7 Å². The molecular formula is C28H28N4O2S2. The third-order valence-electron chi connectivity index (χ3n) is 5.68. The van der Waals surface area contributed by atoms with E-state index in [4.69, 9.17) is 9.97 Å². The van der Waals surface area contributed by atoms with Crippen molar-refractivity contribution in [2.75, 3.05) is 22.1 Å². The van der Waals surface area contributed by atoms with E-state index in [-0.39, 0.29) is 23.3 Å². The minimum atomic E-state index is -0.115. The van der Waals surface area contributed by atoms with E-state index in [1.165, 1.54) is 23.5 Å². The van der Waals surface area contributed by atoms with Crippen molar-refractivity contribution in [3.05, 3.63) is 82.9 Å². The highest BCUT2D eigenvalue weighted by atomic mass is 32.2. The van der Waals surface area contributed by atoms with E-state index in [1.54, 1.807) is 0 Å². The van der Waals surface area contributed by atoms with Gasteiger partial charge in [-0.25, -0.2) is 9.97 Å². The van der Waals surface area contributed by atoms with Gasteiger partial charge in [-0.3, -0.25) is 9.59 Å². The standard InChI is InChI=1S/C28H28N4O2S2/c1-17-9-7-10-18(2)25(17)31-23(33)15-35-27-28(30-22-14-6-5-13-21(22)29-27)36-16-24(34)32-26-19(3)11-8-12-20(26)4/h5-14H,15-16H2,1-4H3,(H,31,33)(H,32,34). The maximum atomic E-state index is 12.7. The number of amides is 2. The van der Waals surface area contributed by atoms with Crippen LogP contribution in [0, 0.1) is 27.7 Å². The van der Waals surface area contributed by atoms with Crippen LogP contribution < -0.4 is 10.6 Å². The van der Waals surface area contributed by atoms with Gasteiger partial charge in [-0.05, 0) is 62.1 Å². The van der Waals surface area contributed by atoms with Gasteiger partial charge in [0.2, 0.25) is 11.8 Å². The number of aromatic nitrogens is 2. The Morgan fingerprint density at radius 2 is 0.972 bits per heavy atom. The lowest BCUT2D eigenvalue weighted by atomic mass is 10.1. The average molecular weight is 517 g/mol. The summed E-state index contributed by atoms with van der Waals surface area (Å²) in [6, 6.07) is 19.4. The molecule has 6 nitrogen and oxygen atoms in total. The minimum Gasteiger partial charge on any atom is -0.325 e. The number of nitrogens with one attached hydrogen (secondary N) is 2. The number of benzene rings is 3. The average Bonchev–Trinajstić information content (AvgIpc) is 2.86. The second-order valence-corrected chi connectivity index (χ2v) is 10.5. The quantitative estimate of drug-likeness (QED) is 0.267. The Balaban J connectivity index is 1.48. The summed E-state index contributed by atoms with van der Waals surface area (Å²) in [4.78, 5) is 35.0. The maximum absolute atomic E-state index is 12.7. The van der Waals surface area contributed by atoms with E-state index in [1.807, 2.05) is 88.4 Å². The van der Waals surface area contributed by atoms with E-state index < -0.39 is 0 Å². The zero-order valence-electron chi connectivity index (χ0n) is 20.7. The van der Waals surface area contributed by atoms with Gasteiger partial charge in [0.15, 0.2) is 0 Å². The Kier molecular flexibility index (Phi) is 8.28. The van der Waals surface area contributed by atoms with Crippen molar-refractivity contribution in [3.63, 3.8) is 0 Å². The number of rotatable bonds is 8. The van der Waals surface area contributed by atoms with Crippen LogP contribution >= 0.6 is 23.5 Å². The molecule has 0 saturated heterocycles. The minimum absolute atomic E-state index is 0.115. The van der Waals surface area contributed by atoms with Gasteiger partial charge in [-0.15, -0.1) is 0 Å². The molecule has 0 atom stereocenters. The summed E-state index contributed by atoms with van der Waals surface area (Å²) < 4.78 is 0. The van der Waals surface area contributed by atoms with Gasteiger partial charge in [0, 0.05) is 11.4 Å². The van der Waals surface area contributed by atoms with Gasteiger partial charge in [0.05, 0.1) is 22.5 Å². The highest BCUT2D eigenvalue weighted by molar-refractivity contribution is 8.02. The zero-order valence-corrected chi connectivity index (χ0v) is 22.3. The molecule has 0 radical (unpaired) electrons. The fraction of sp³-hybridized carbons (Fsp3) is 0.214. The number of anilines is 2. The van der Waals surface area contributed by atoms with Crippen LogP contribution in [-0.4, -0.2) is 33.3 Å². The first-order chi connectivity index (χ1) is 17.3. The summed E-state index contributed by atoms with van der Waals surface area (Å²) >= 11 is 2.65. The number of aryl methyl sites for hydroxylation is 4. The Labute approximate surface area is 219 Å². The number of para-hydroxylation sites is 4. The second-order valence-electron chi connectivity index (χ2n) is 8.53. The van der Waals surface area contributed by atoms with Gasteiger partial charge in [-0.1, -0.05) is 72.1 Å². The third-order valence-corrected chi connectivity index (χ3v) is 7.74. The van der Waals surface area contributed by atoms with Crippen LogP contribution in [0.5, 0.6) is 0 Å². The van der Waals surface area contributed by atoms with E-state index in [0.29, 0.717) is 10.1 Å². The molecular weight excluding hydrogens is 488 g/mol. The molecule has 184 valence electrons. The molecule has 2 N–H and O–H groups in total. The number of hydrogen-bond acceptors (Lipinski definition) is 6. The molecule has 1 aromatic heterocycles.